The fourth-order valence-corrected chi connectivity index (χ4v) is 3.49. The molecule has 1 rings (SSSR count). The Kier molecular flexibility index (Phi) is 11.6. The van der Waals surface area contributed by atoms with Gasteiger partial charge >= 0.3 is 0 Å². The van der Waals surface area contributed by atoms with Gasteiger partial charge in [0.15, 0.2) is 0 Å². The van der Waals surface area contributed by atoms with Crippen molar-refractivity contribution in [3.8, 4) is 0 Å². The molecule has 0 spiro atoms. The Morgan fingerprint density at radius 3 is 1.57 bits per heavy atom. The maximum absolute atomic E-state index is 2.42. The molecule has 0 bridgehead atoms. The summed E-state index contributed by atoms with van der Waals surface area (Å²) < 4.78 is 0. The van der Waals surface area contributed by atoms with Crippen LogP contribution in [0.25, 0.3) is 0 Å². The molecule has 0 aromatic heterocycles. The highest BCUT2D eigenvalue weighted by atomic mass is 14.2. The maximum Gasteiger partial charge on any atom is -0.00190 e. The van der Waals surface area contributed by atoms with Crippen LogP contribution in [0.1, 0.15) is 97.3 Å². The molecular formula is C21H38. The van der Waals surface area contributed by atoms with Gasteiger partial charge in [0.25, 0.3) is 0 Å². The van der Waals surface area contributed by atoms with Gasteiger partial charge in [-0.2, -0.15) is 0 Å². The van der Waals surface area contributed by atoms with Gasteiger partial charge in [-0.1, -0.05) is 109 Å². The number of hydrogen-bond acceptors (Lipinski definition) is 0. The van der Waals surface area contributed by atoms with E-state index in [4.69, 9.17) is 0 Å². The van der Waals surface area contributed by atoms with Crippen LogP contribution >= 0.6 is 0 Å². The van der Waals surface area contributed by atoms with Gasteiger partial charge in [-0.05, 0) is 24.7 Å². The van der Waals surface area contributed by atoms with Crippen molar-refractivity contribution < 1.29 is 0 Å². The van der Waals surface area contributed by atoms with Crippen LogP contribution in [-0.2, 0) is 0 Å². The van der Waals surface area contributed by atoms with E-state index in [1.54, 1.807) is 0 Å². The normalized spacial score (nSPS) is 15.9. The summed E-state index contributed by atoms with van der Waals surface area (Å²) in [4.78, 5) is 0. The third-order valence-corrected chi connectivity index (χ3v) is 4.93. The van der Waals surface area contributed by atoms with Gasteiger partial charge in [0, 0.05) is 0 Å². The first-order chi connectivity index (χ1) is 10.4. The van der Waals surface area contributed by atoms with E-state index >= 15 is 0 Å². The van der Waals surface area contributed by atoms with Crippen LogP contribution in [0.5, 0.6) is 0 Å². The minimum Gasteiger partial charge on any atom is -0.0773 e. The fourth-order valence-electron chi connectivity index (χ4n) is 3.49. The van der Waals surface area contributed by atoms with Gasteiger partial charge < -0.3 is 0 Å². The van der Waals surface area contributed by atoms with Crippen LogP contribution in [0.4, 0.5) is 0 Å². The monoisotopic (exact) mass is 290 g/mol. The fraction of sp³-hybridized carbons (Fsp3) is 0.810. The Hall–Kier alpha value is -0.520. The SMILES string of the molecule is CCCCCCCCCC(CCCCCC)C1C=CC=C1. The van der Waals surface area contributed by atoms with Crippen LogP contribution in [0.3, 0.4) is 0 Å². The van der Waals surface area contributed by atoms with Crippen LogP contribution in [0, 0.1) is 11.8 Å². The second-order valence-corrected chi connectivity index (χ2v) is 6.87. The quantitative estimate of drug-likeness (QED) is 0.291. The number of hydrogen-bond donors (Lipinski definition) is 0. The first kappa shape index (κ1) is 18.5. The van der Waals surface area contributed by atoms with Gasteiger partial charge in [0.1, 0.15) is 0 Å². The Labute approximate surface area is 134 Å². The lowest BCUT2D eigenvalue weighted by Crippen LogP contribution is -2.10. The summed E-state index contributed by atoms with van der Waals surface area (Å²) >= 11 is 0. The molecule has 1 atom stereocenters. The highest BCUT2D eigenvalue weighted by Gasteiger charge is 2.17. The molecule has 0 heteroatoms. The minimum absolute atomic E-state index is 0.742. The number of allylic oxidation sites excluding steroid dienone is 4. The van der Waals surface area contributed by atoms with Gasteiger partial charge in [-0.25, -0.2) is 0 Å². The smallest absolute Gasteiger partial charge is 0.00190 e. The molecule has 1 aliphatic rings. The first-order valence-electron chi connectivity index (χ1n) is 9.73. The van der Waals surface area contributed by atoms with E-state index in [2.05, 4.69) is 38.2 Å². The first-order valence-corrected chi connectivity index (χ1v) is 9.73. The van der Waals surface area contributed by atoms with Crippen molar-refractivity contribution in [3.05, 3.63) is 24.3 Å². The molecule has 0 aliphatic heterocycles. The molecule has 0 fully saturated rings. The molecule has 0 N–H and O–H groups in total. The zero-order valence-corrected chi connectivity index (χ0v) is 14.7. The van der Waals surface area contributed by atoms with Crippen molar-refractivity contribution in [2.45, 2.75) is 97.3 Å². The third kappa shape index (κ3) is 9.17. The lowest BCUT2D eigenvalue weighted by Gasteiger charge is -2.21. The van der Waals surface area contributed by atoms with Gasteiger partial charge in [0.05, 0.1) is 0 Å². The molecule has 122 valence electrons. The predicted octanol–water partition coefficient (Wildman–Crippen LogP) is 7.46. The van der Waals surface area contributed by atoms with E-state index in [-0.39, 0.29) is 0 Å². The highest BCUT2D eigenvalue weighted by molar-refractivity contribution is 5.18. The van der Waals surface area contributed by atoms with Crippen molar-refractivity contribution in [3.63, 3.8) is 0 Å². The van der Waals surface area contributed by atoms with Gasteiger partial charge in [-0.15, -0.1) is 0 Å². The number of rotatable bonds is 14. The predicted molar refractivity (Wildman–Crippen MR) is 96.6 cm³/mol. The van der Waals surface area contributed by atoms with E-state index in [1.165, 1.54) is 83.5 Å². The Bertz CT molecular complexity index is 262. The van der Waals surface area contributed by atoms with Crippen molar-refractivity contribution in [2.75, 3.05) is 0 Å². The molecule has 0 saturated carbocycles. The van der Waals surface area contributed by atoms with E-state index < -0.39 is 0 Å². The highest BCUT2D eigenvalue weighted by Crippen LogP contribution is 2.29. The zero-order chi connectivity index (χ0) is 15.2. The second-order valence-electron chi connectivity index (χ2n) is 6.87. The molecule has 0 aromatic rings. The average molecular weight is 291 g/mol. The van der Waals surface area contributed by atoms with Crippen LogP contribution in [0.15, 0.2) is 24.3 Å². The average Bonchev–Trinajstić information content (AvgIpc) is 3.02. The number of unbranched alkanes of at least 4 members (excludes halogenated alkanes) is 9. The van der Waals surface area contributed by atoms with E-state index in [0.29, 0.717) is 0 Å². The van der Waals surface area contributed by atoms with Crippen LogP contribution in [0.2, 0.25) is 0 Å². The second kappa shape index (κ2) is 13.2. The van der Waals surface area contributed by atoms with Crippen molar-refractivity contribution >= 4 is 0 Å². The lowest BCUT2D eigenvalue weighted by molar-refractivity contribution is 0.360. The molecule has 1 unspecified atom stereocenters. The largest absolute Gasteiger partial charge is 0.0773 e. The Morgan fingerprint density at radius 1 is 0.619 bits per heavy atom. The summed E-state index contributed by atoms with van der Waals surface area (Å²) in [6, 6.07) is 0. The summed E-state index contributed by atoms with van der Waals surface area (Å²) in [7, 11) is 0. The van der Waals surface area contributed by atoms with Crippen molar-refractivity contribution in [2.24, 2.45) is 11.8 Å². The summed E-state index contributed by atoms with van der Waals surface area (Å²) in [5.74, 6) is 1.65. The lowest BCUT2D eigenvalue weighted by atomic mass is 9.84. The zero-order valence-electron chi connectivity index (χ0n) is 14.7. The summed E-state index contributed by atoms with van der Waals surface area (Å²) in [5, 5.41) is 0. The standard InChI is InChI=1S/C21H38/c1-3-5-7-9-10-11-13-17-20(16-12-8-6-4-2)21-18-14-15-19-21/h14-15,18-21H,3-13,16-17H2,1-2H3. The maximum atomic E-state index is 2.42. The summed E-state index contributed by atoms with van der Waals surface area (Å²) in [6.45, 7) is 4.60. The molecule has 21 heavy (non-hydrogen) atoms. The molecule has 0 saturated heterocycles. The van der Waals surface area contributed by atoms with E-state index in [9.17, 15) is 0 Å². The van der Waals surface area contributed by atoms with Crippen molar-refractivity contribution in [1.29, 1.82) is 0 Å². The molecule has 0 aromatic carbocycles. The van der Waals surface area contributed by atoms with Crippen LogP contribution in [-0.4, -0.2) is 0 Å². The molecule has 0 nitrogen and oxygen atoms in total. The molecule has 1 aliphatic carbocycles. The Morgan fingerprint density at radius 2 is 1.05 bits per heavy atom. The van der Waals surface area contributed by atoms with E-state index in [0.717, 1.165) is 11.8 Å². The molecular weight excluding hydrogens is 252 g/mol. The molecule has 0 heterocycles. The summed E-state index contributed by atoms with van der Waals surface area (Å²) in [5.41, 5.74) is 0. The molecule has 0 radical (unpaired) electrons. The summed E-state index contributed by atoms with van der Waals surface area (Å²) in [6.07, 6.45) is 27.9. The van der Waals surface area contributed by atoms with Gasteiger partial charge in [0.2, 0.25) is 0 Å². The topological polar surface area (TPSA) is 0 Å². The third-order valence-electron chi connectivity index (χ3n) is 4.93. The minimum atomic E-state index is 0.742. The van der Waals surface area contributed by atoms with Gasteiger partial charge in [-0.3, -0.25) is 0 Å². The van der Waals surface area contributed by atoms with Crippen molar-refractivity contribution in [1.82, 2.24) is 0 Å². The Balaban J connectivity index is 2.13. The molecule has 0 amide bonds. The van der Waals surface area contributed by atoms with E-state index in [1.807, 2.05) is 0 Å². The van der Waals surface area contributed by atoms with Crippen LogP contribution < -0.4 is 0 Å².